The molecule has 4 nitrogen and oxygen atoms in total. The fraction of sp³-hybridized carbons (Fsp3) is 0.269. The first-order chi connectivity index (χ1) is 27.1. The van der Waals surface area contributed by atoms with Gasteiger partial charge in [0.05, 0.1) is 5.92 Å². The minimum Gasteiger partial charge on any atom is -0.487 e. The van der Waals surface area contributed by atoms with Crippen LogP contribution in [0.25, 0.3) is 55.6 Å². The van der Waals surface area contributed by atoms with Crippen LogP contribution in [0.15, 0.2) is 140 Å². The Bertz CT molecular complexity index is 2910. The van der Waals surface area contributed by atoms with Crippen molar-refractivity contribution in [1.82, 2.24) is 4.57 Å². The molecular weight excluding hydrogens is 683 g/mol. The number of pyridine rings is 1. The van der Waals surface area contributed by atoms with E-state index in [4.69, 9.17) is 4.74 Å². The van der Waals surface area contributed by atoms with Crippen molar-refractivity contribution in [3.05, 3.63) is 162 Å². The Labute approximate surface area is 329 Å². The van der Waals surface area contributed by atoms with Gasteiger partial charge in [0.2, 0.25) is 17.3 Å². The molecule has 7 aromatic rings. The van der Waals surface area contributed by atoms with Gasteiger partial charge in [-0.1, -0.05) is 145 Å². The van der Waals surface area contributed by atoms with Crippen molar-refractivity contribution in [2.45, 2.75) is 69.9 Å². The summed E-state index contributed by atoms with van der Waals surface area (Å²) in [4.78, 5) is 0. The zero-order chi connectivity index (χ0) is 37.9. The van der Waals surface area contributed by atoms with E-state index in [2.05, 4.69) is 195 Å². The molecule has 0 amide bonds. The van der Waals surface area contributed by atoms with Crippen LogP contribution in [-0.4, -0.2) is 11.2 Å². The van der Waals surface area contributed by atoms with Crippen LogP contribution in [0.1, 0.15) is 75.9 Å². The highest BCUT2D eigenvalue weighted by atomic mass is 16.5. The summed E-state index contributed by atoms with van der Waals surface area (Å²) in [6.45, 7) is 14.7. The summed E-state index contributed by atoms with van der Waals surface area (Å²) in [5, 5.41) is 2.50. The van der Waals surface area contributed by atoms with E-state index in [1.54, 1.807) is 0 Å². The number of benzene rings is 5. The van der Waals surface area contributed by atoms with E-state index in [-0.39, 0.29) is 28.3 Å². The Balaban J connectivity index is 1.25. The highest BCUT2D eigenvalue weighted by molar-refractivity contribution is 5.95. The molecule has 1 fully saturated rings. The van der Waals surface area contributed by atoms with Crippen LogP contribution in [0.4, 0.5) is 0 Å². The van der Waals surface area contributed by atoms with E-state index in [9.17, 15) is 0 Å². The van der Waals surface area contributed by atoms with Crippen LogP contribution >= 0.6 is 0 Å². The maximum atomic E-state index is 7.53. The molecule has 1 saturated carbocycles. The lowest BCUT2D eigenvalue weighted by Crippen LogP contribution is -2.56. The lowest BCUT2D eigenvalue weighted by molar-refractivity contribution is -0.775. The van der Waals surface area contributed by atoms with Gasteiger partial charge < -0.3 is 4.74 Å². The first-order valence-electron chi connectivity index (χ1n) is 20.5. The zero-order valence-corrected chi connectivity index (χ0v) is 33.0. The molecule has 5 aromatic carbocycles. The fourth-order valence-electron chi connectivity index (χ4n) is 11.3. The third-order valence-corrected chi connectivity index (χ3v) is 13.9. The molecular formula is C52H47N3O+2. The SMILES string of the molecule is CC(C)(C)c1cc2c(c(C(C)(C)C)c1)OCC13C4C5C(=CC=CC5c5cccc6c5[n+]1c-2n6-c1cccc2ccccc12)c1cc(-c2ccccc2)cc[n+]1C43. The van der Waals surface area contributed by atoms with Crippen LogP contribution in [0.2, 0.25) is 0 Å². The number of ether oxygens (including phenoxy) is 1. The van der Waals surface area contributed by atoms with E-state index in [1.165, 1.54) is 78.0 Å². The minimum absolute atomic E-state index is 0.0580. The van der Waals surface area contributed by atoms with E-state index < -0.39 is 0 Å². The van der Waals surface area contributed by atoms with Crippen LogP contribution in [0.5, 0.6) is 5.75 Å². The van der Waals surface area contributed by atoms with Crippen LogP contribution in [-0.2, 0) is 16.4 Å². The molecule has 4 heteroatoms. The normalized spacial score (nSPS) is 23.7. The number of rotatable bonds is 2. The van der Waals surface area contributed by atoms with Crippen molar-refractivity contribution in [3.63, 3.8) is 0 Å². The fourth-order valence-corrected chi connectivity index (χ4v) is 11.3. The van der Waals surface area contributed by atoms with Crippen molar-refractivity contribution in [1.29, 1.82) is 0 Å². The number of imidazole rings is 1. The van der Waals surface area contributed by atoms with Gasteiger partial charge in [0, 0.05) is 46.1 Å². The molecule has 0 N–H and O–H groups in total. The molecule has 274 valence electrons. The molecule has 56 heavy (non-hydrogen) atoms. The minimum atomic E-state index is -0.316. The molecule has 5 atom stereocenters. The molecule has 3 aliphatic heterocycles. The maximum Gasteiger partial charge on any atom is 0.299 e. The third-order valence-electron chi connectivity index (χ3n) is 13.9. The quantitative estimate of drug-likeness (QED) is 0.162. The predicted octanol–water partition coefficient (Wildman–Crippen LogP) is 10.9. The van der Waals surface area contributed by atoms with Gasteiger partial charge >= 0.3 is 0 Å². The summed E-state index contributed by atoms with van der Waals surface area (Å²) in [6, 6.07) is 43.6. The highest BCUT2D eigenvalue weighted by Crippen LogP contribution is 2.70. The first kappa shape index (κ1) is 32.5. The Morgan fingerprint density at radius 2 is 1.55 bits per heavy atom. The molecule has 0 saturated heterocycles. The van der Waals surface area contributed by atoms with Crippen LogP contribution < -0.4 is 13.9 Å². The number of allylic oxidation sites excluding steroid dienone is 4. The van der Waals surface area contributed by atoms with Gasteiger partial charge in [-0.2, -0.15) is 9.13 Å². The van der Waals surface area contributed by atoms with Gasteiger partial charge in [-0.3, -0.25) is 0 Å². The van der Waals surface area contributed by atoms with Crippen molar-refractivity contribution in [2.75, 3.05) is 6.61 Å². The summed E-state index contributed by atoms with van der Waals surface area (Å²) >= 11 is 0. The average Bonchev–Trinajstić information content (AvgIpc) is 3.81. The van der Waals surface area contributed by atoms with Crippen molar-refractivity contribution in [2.24, 2.45) is 11.8 Å². The standard InChI is InChI=1S/C52H47N3O/c1-50(2,3)34-28-39-47(40(29-34)51(4,5)6)56-30-52-45-44-36(20-13-22-38(44)43-27-33(25-26-53(43)48(45)52)31-15-8-7-9-16-31)37-21-14-24-42-46(37)55(52)49(39)54(42)41-23-12-18-32-17-10-11-19-35(32)41/h7-29,36,44-45,48H,30H2,1-6H3/q+2. The Morgan fingerprint density at radius 1 is 0.768 bits per heavy atom. The predicted molar refractivity (Wildman–Crippen MR) is 225 cm³/mol. The van der Waals surface area contributed by atoms with E-state index in [0.29, 0.717) is 18.4 Å². The van der Waals surface area contributed by atoms with Crippen molar-refractivity contribution in [3.8, 4) is 34.0 Å². The number of hydrogen-bond donors (Lipinski definition) is 0. The average molecular weight is 730 g/mol. The van der Waals surface area contributed by atoms with Gasteiger partial charge in [-0.05, 0) is 51.1 Å². The molecule has 0 radical (unpaired) electrons. The van der Waals surface area contributed by atoms with Crippen LogP contribution in [0, 0.1) is 11.8 Å². The second-order valence-electron chi connectivity index (χ2n) is 19.0. The number of hydrogen-bond acceptors (Lipinski definition) is 1. The summed E-state index contributed by atoms with van der Waals surface area (Å²) in [5.74, 6) is 3.20. The van der Waals surface area contributed by atoms with Gasteiger partial charge in [-0.25, -0.2) is 4.57 Å². The van der Waals surface area contributed by atoms with Crippen molar-refractivity contribution < 1.29 is 13.9 Å². The van der Waals surface area contributed by atoms with E-state index >= 15 is 0 Å². The molecule has 12 rings (SSSR count). The molecule has 5 unspecified atom stereocenters. The monoisotopic (exact) mass is 729 g/mol. The number of para-hydroxylation sites is 1. The Hall–Kier alpha value is -5.74. The molecule has 0 bridgehead atoms. The number of aromatic nitrogens is 3. The van der Waals surface area contributed by atoms with Gasteiger partial charge in [0.15, 0.2) is 17.2 Å². The summed E-state index contributed by atoms with van der Waals surface area (Å²) < 4.78 is 15.6. The van der Waals surface area contributed by atoms with Gasteiger partial charge in [-0.15, -0.1) is 0 Å². The van der Waals surface area contributed by atoms with E-state index in [0.717, 1.165) is 5.75 Å². The van der Waals surface area contributed by atoms with Crippen LogP contribution in [0.3, 0.4) is 0 Å². The smallest absolute Gasteiger partial charge is 0.299 e. The molecule has 5 aliphatic rings. The second-order valence-corrected chi connectivity index (χ2v) is 19.0. The molecule has 2 aromatic heterocycles. The lowest BCUT2D eigenvalue weighted by Gasteiger charge is -2.30. The molecule has 1 spiro atoms. The number of fused-ring (bicyclic) bond motifs is 7. The summed E-state index contributed by atoms with van der Waals surface area (Å²) in [6.07, 6.45) is 9.64. The summed E-state index contributed by atoms with van der Waals surface area (Å²) in [5.41, 5.74) is 13.8. The largest absolute Gasteiger partial charge is 0.487 e. The van der Waals surface area contributed by atoms with Crippen molar-refractivity contribution >= 4 is 27.4 Å². The Kier molecular flexibility index (Phi) is 6.24. The molecule has 2 aliphatic carbocycles. The zero-order valence-electron chi connectivity index (χ0n) is 33.0. The topological polar surface area (TPSA) is 21.9 Å². The molecule has 5 heterocycles. The second kappa shape index (κ2) is 10.8. The first-order valence-corrected chi connectivity index (χ1v) is 20.5. The summed E-state index contributed by atoms with van der Waals surface area (Å²) in [7, 11) is 0. The van der Waals surface area contributed by atoms with E-state index in [1.807, 2.05) is 0 Å². The third kappa shape index (κ3) is 4.09. The van der Waals surface area contributed by atoms with Gasteiger partial charge in [0.1, 0.15) is 23.6 Å². The highest BCUT2D eigenvalue weighted by Gasteiger charge is 2.85. The maximum absolute atomic E-state index is 7.53. The Morgan fingerprint density at radius 3 is 2.38 bits per heavy atom. The number of nitrogens with zero attached hydrogens (tertiary/aromatic N) is 3. The van der Waals surface area contributed by atoms with Gasteiger partial charge in [0.25, 0.3) is 5.82 Å². The lowest BCUT2D eigenvalue weighted by atomic mass is 9.72.